The Morgan fingerprint density at radius 1 is 1.22 bits per heavy atom. The molecule has 1 heterocycles. The van der Waals surface area contributed by atoms with E-state index in [1.807, 2.05) is 19.9 Å². The van der Waals surface area contributed by atoms with Crippen molar-refractivity contribution in [3.63, 3.8) is 0 Å². The van der Waals surface area contributed by atoms with Crippen molar-refractivity contribution < 1.29 is 9.53 Å². The molecule has 4 nitrogen and oxygen atoms in total. The van der Waals surface area contributed by atoms with E-state index in [9.17, 15) is 4.79 Å². The third kappa shape index (κ3) is 4.50. The summed E-state index contributed by atoms with van der Waals surface area (Å²) >= 11 is 17.8. The summed E-state index contributed by atoms with van der Waals surface area (Å²) in [5.74, 6) is 0.0967. The lowest BCUT2D eigenvalue weighted by molar-refractivity contribution is -0.120. The van der Waals surface area contributed by atoms with Crippen LogP contribution in [0.5, 0.6) is 5.75 Å². The van der Waals surface area contributed by atoms with Gasteiger partial charge in [-0.15, -0.1) is 0 Å². The van der Waals surface area contributed by atoms with Crippen LogP contribution in [0.2, 0.25) is 15.1 Å². The SMILES string of the molecule is CC(C)N(C(=O)COc1cc(Cl)c(Cl)cc1Cl)c1cccnc1. The molecule has 7 heteroatoms. The van der Waals surface area contributed by atoms with Gasteiger partial charge < -0.3 is 9.64 Å². The van der Waals surface area contributed by atoms with Gasteiger partial charge in [0.05, 0.1) is 27.0 Å². The Kier molecular flexibility index (Phi) is 6.10. The molecule has 1 amide bonds. The number of rotatable bonds is 5. The molecule has 0 saturated carbocycles. The molecule has 122 valence electrons. The van der Waals surface area contributed by atoms with Crippen LogP contribution in [0.25, 0.3) is 0 Å². The van der Waals surface area contributed by atoms with E-state index in [4.69, 9.17) is 39.5 Å². The number of pyridine rings is 1. The fourth-order valence-corrected chi connectivity index (χ4v) is 2.64. The van der Waals surface area contributed by atoms with E-state index in [1.165, 1.54) is 12.1 Å². The van der Waals surface area contributed by atoms with Crippen LogP contribution in [0.3, 0.4) is 0 Å². The highest BCUT2D eigenvalue weighted by Crippen LogP contribution is 2.33. The molecule has 0 fully saturated rings. The third-order valence-electron chi connectivity index (χ3n) is 3.04. The zero-order valence-corrected chi connectivity index (χ0v) is 14.9. The fraction of sp³-hybridized carbons (Fsp3) is 0.250. The first-order valence-corrected chi connectivity index (χ1v) is 8.03. The highest BCUT2D eigenvalue weighted by atomic mass is 35.5. The average molecular weight is 374 g/mol. The molecule has 0 spiro atoms. The molecule has 0 aliphatic heterocycles. The molecule has 0 unspecified atom stereocenters. The lowest BCUT2D eigenvalue weighted by atomic mass is 10.2. The summed E-state index contributed by atoms with van der Waals surface area (Å²) in [6, 6.07) is 6.52. The van der Waals surface area contributed by atoms with Crippen LogP contribution >= 0.6 is 34.8 Å². The topological polar surface area (TPSA) is 42.4 Å². The van der Waals surface area contributed by atoms with Gasteiger partial charge in [0, 0.05) is 18.3 Å². The van der Waals surface area contributed by atoms with Crippen molar-refractivity contribution in [2.45, 2.75) is 19.9 Å². The molecule has 0 saturated heterocycles. The Balaban J connectivity index is 2.13. The van der Waals surface area contributed by atoms with Crippen molar-refractivity contribution in [3.05, 3.63) is 51.7 Å². The van der Waals surface area contributed by atoms with Gasteiger partial charge in [0.1, 0.15) is 5.75 Å². The lowest BCUT2D eigenvalue weighted by Gasteiger charge is -2.26. The maximum Gasteiger partial charge on any atom is 0.265 e. The van der Waals surface area contributed by atoms with E-state index >= 15 is 0 Å². The van der Waals surface area contributed by atoms with E-state index in [0.29, 0.717) is 26.5 Å². The van der Waals surface area contributed by atoms with Crippen LogP contribution in [0.15, 0.2) is 36.7 Å². The molecule has 0 N–H and O–H groups in total. The Morgan fingerprint density at radius 3 is 2.52 bits per heavy atom. The van der Waals surface area contributed by atoms with Gasteiger partial charge in [-0.2, -0.15) is 0 Å². The van der Waals surface area contributed by atoms with Crippen molar-refractivity contribution >= 4 is 46.4 Å². The number of hydrogen-bond donors (Lipinski definition) is 0. The summed E-state index contributed by atoms with van der Waals surface area (Å²) in [5, 5.41) is 0.936. The number of carbonyl (C=O) groups is 1. The van der Waals surface area contributed by atoms with E-state index < -0.39 is 0 Å². The molecular formula is C16H15Cl3N2O2. The predicted octanol–water partition coefficient (Wildman–Crippen LogP) is 4.86. The van der Waals surface area contributed by atoms with Crippen LogP contribution in [0.4, 0.5) is 5.69 Å². The number of aromatic nitrogens is 1. The average Bonchev–Trinajstić information content (AvgIpc) is 2.50. The number of hydrogen-bond acceptors (Lipinski definition) is 3. The molecule has 2 rings (SSSR count). The molecule has 0 aliphatic rings. The first-order chi connectivity index (χ1) is 10.9. The number of amides is 1. The summed E-state index contributed by atoms with van der Waals surface area (Å²) in [6.45, 7) is 3.65. The number of halogens is 3. The normalized spacial score (nSPS) is 10.7. The maximum atomic E-state index is 12.5. The summed E-state index contributed by atoms with van der Waals surface area (Å²) in [6.07, 6.45) is 3.28. The summed E-state index contributed by atoms with van der Waals surface area (Å²) in [7, 11) is 0. The largest absolute Gasteiger partial charge is 0.482 e. The Morgan fingerprint density at radius 2 is 1.91 bits per heavy atom. The van der Waals surface area contributed by atoms with Gasteiger partial charge in [-0.3, -0.25) is 9.78 Å². The molecule has 2 aromatic rings. The Bertz CT molecular complexity index is 693. The van der Waals surface area contributed by atoms with Crippen LogP contribution in [-0.2, 0) is 4.79 Å². The number of benzene rings is 1. The maximum absolute atomic E-state index is 12.5. The second-order valence-electron chi connectivity index (χ2n) is 5.05. The van der Waals surface area contributed by atoms with Gasteiger partial charge in [-0.1, -0.05) is 34.8 Å². The van der Waals surface area contributed by atoms with Crippen molar-refractivity contribution in [2.75, 3.05) is 11.5 Å². The zero-order valence-electron chi connectivity index (χ0n) is 12.6. The Hall–Kier alpha value is -1.49. The first kappa shape index (κ1) is 17.9. The van der Waals surface area contributed by atoms with Gasteiger partial charge in [-0.05, 0) is 32.0 Å². The zero-order chi connectivity index (χ0) is 17.0. The lowest BCUT2D eigenvalue weighted by Crippen LogP contribution is -2.40. The van der Waals surface area contributed by atoms with Gasteiger partial charge in [0.15, 0.2) is 6.61 Å². The van der Waals surface area contributed by atoms with Crippen molar-refractivity contribution in [2.24, 2.45) is 0 Å². The standard InChI is InChI=1S/C16H15Cl3N2O2/c1-10(2)21(11-4-3-5-20-8-11)16(22)9-23-15-7-13(18)12(17)6-14(15)19/h3-8,10H,9H2,1-2H3. The number of nitrogens with zero attached hydrogens (tertiary/aromatic N) is 2. The van der Waals surface area contributed by atoms with E-state index in [0.717, 1.165) is 0 Å². The van der Waals surface area contributed by atoms with Gasteiger partial charge >= 0.3 is 0 Å². The van der Waals surface area contributed by atoms with Crippen LogP contribution in [0.1, 0.15) is 13.8 Å². The molecule has 1 aromatic heterocycles. The third-order valence-corrected chi connectivity index (χ3v) is 4.05. The van der Waals surface area contributed by atoms with Crippen molar-refractivity contribution in [1.82, 2.24) is 4.98 Å². The molecule has 0 atom stereocenters. The monoisotopic (exact) mass is 372 g/mol. The quantitative estimate of drug-likeness (QED) is 0.703. The first-order valence-electron chi connectivity index (χ1n) is 6.89. The summed E-state index contributed by atoms with van der Waals surface area (Å²) in [4.78, 5) is 18.1. The van der Waals surface area contributed by atoms with E-state index in [2.05, 4.69) is 4.98 Å². The van der Waals surface area contributed by atoms with E-state index in [1.54, 1.807) is 23.4 Å². The molecule has 0 bridgehead atoms. The highest BCUT2D eigenvalue weighted by Gasteiger charge is 2.20. The highest BCUT2D eigenvalue weighted by molar-refractivity contribution is 6.43. The van der Waals surface area contributed by atoms with Crippen LogP contribution in [-0.4, -0.2) is 23.5 Å². The predicted molar refractivity (Wildman–Crippen MR) is 93.8 cm³/mol. The minimum atomic E-state index is -0.213. The fourth-order valence-electron chi connectivity index (χ4n) is 2.05. The number of anilines is 1. The van der Waals surface area contributed by atoms with Crippen LogP contribution in [0, 0.1) is 0 Å². The molecule has 0 radical (unpaired) electrons. The van der Waals surface area contributed by atoms with Gasteiger partial charge in [-0.25, -0.2) is 0 Å². The smallest absolute Gasteiger partial charge is 0.265 e. The molecule has 23 heavy (non-hydrogen) atoms. The second-order valence-corrected chi connectivity index (χ2v) is 6.28. The minimum Gasteiger partial charge on any atom is -0.482 e. The van der Waals surface area contributed by atoms with Crippen molar-refractivity contribution in [1.29, 1.82) is 0 Å². The number of ether oxygens (including phenoxy) is 1. The summed E-state index contributed by atoms with van der Waals surface area (Å²) < 4.78 is 5.50. The van der Waals surface area contributed by atoms with Gasteiger partial charge in [0.25, 0.3) is 5.91 Å². The van der Waals surface area contributed by atoms with Crippen LogP contribution < -0.4 is 9.64 Å². The number of carbonyl (C=O) groups excluding carboxylic acids is 1. The minimum absolute atomic E-state index is 0.0421. The molecule has 0 aliphatic carbocycles. The summed E-state index contributed by atoms with van der Waals surface area (Å²) in [5.41, 5.74) is 0.705. The molecular weight excluding hydrogens is 359 g/mol. The van der Waals surface area contributed by atoms with E-state index in [-0.39, 0.29) is 18.6 Å². The van der Waals surface area contributed by atoms with Crippen molar-refractivity contribution in [3.8, 4) is 5.75 Å². The Labute approximate surface area is 149 Å². The second kappa shape index (κ2) is 7.86. The van der Waals surface area contributed by atoms with Gasteiger partial charge in [0.2, 0.25) is 0 Å². The molecule has 1 aromatic carbocycles.